The van der Waals surface area contributed by atoms with Crippen LogP contribution in [0.3, 0.4) is 0 Å². The fourth-order valence-corrected chi connectivity index (χ4v) is 3.47. The molecule has 3 aromatic rings. The van der Waals surface area contributed by atoms with Crippen molar-refractivity contribution in [2.75, 3.05) is 19.9 Å². The molecule has 8 nitrogen and oxygen atoms in total. The van der Waals surface area contributed by atoms with E-state index in [4.69, 9.17) is 18.3 Å². The Morgan fingerprint density at radius 2 is 2.07 bits per heavy atom. The molecule has 0 radical (unpaired) electrons. The van der Waals surface area contributed by atoms with Crippen LogP contribution in [0.4, 0.5) is 0 Å². The van der Waals surface area contributed by atoms with Crippen molar-refractivity contribution in [3.8, 4) is 23.0 Å². The number of benzene rings is 1. The number of aromatic nitrogens is 2. The van der Waals surface area contributed by atoms with Crippen molar-refractivity contribution in [2.24, 2.45) is 0 Å². The van der Waals surface area contributed by atoms with E-state index in [0.717, 1.165) is 18.4 Å². The summed E-state index contributed by atoms with van der Waals surface area (Å²) in [7, 11) is 0. The Labute approximate surface area is 154 Å². The van der Waals surface area contributed by atoms with Crippen LogP contribution < -0.4 is 9.47 Å². The summed E-state index contributed by atoms with van der Waals surface area (Å²) in [5.41, 5.74) is 0.775. The number of hydrogen-bond acceptors (Lipinski definition) is 7. The van der Waals surface area contributed by atoms with Crippen molar-refractivity contribution >= 4 is 5.91 Å². The van der Waals surface area contributed by atoms with Gasteiger partial charge in [-0.2, -0.15) is 0 Å². The Morgan fingerprint density at radius 3 is 2.96 bits per heavy atom. The molecule has 1 amide bonds. The van der Waals surface area contributed by atoms with E-state index in [1.807, 2.05) is 18.2 Å². The van der Waals surface area contributed by atoms with Gasteiger partial charge in [0.1, 0.15) is 0 Å². The van der Waals surface area contributed by atoms with Crippen molar-refractivity contribution in [1.82, 2.24) is 15.1 Å². The van der Waals surface area contributed by atoms with Crippen LogP contribution in [0.2, 0.25) is 0 Å². The molecule has 2 aromatic heterocycles. The maximum atomic E-state index is 12.5. The lowest BCUT2D eigenvalue weighted by Crippen LogP contribution is -2.39. The average Bonchev–Trinajstić information content (AvgIpc) is 3.48. The van der Waals surface area contributed by atoms with E-state index in [1.165, 1.54) is 6.26 Å². The largest absolute Gasteiger partial charge is 0.459 e. The summed E-state index contributed by atoms with van der Waals surface area (Å²) in [5.74, 6) is 2.59. The molecule has 8 heteroatoms. The quantitative estimate of drug-likeness (QED) is 0.702. The number of rotatable bonds is 3. The van der Waals surface area contributed by atoms with E-state index in [-0.39, 0.29) is 18.6 Å². The Hall–Kier alpha value is -3.29. The molecule has 0 unspecified atom stereocenters. The number of furan rings is 1. The molecule has 1 fully saturated rings. The van der Waals surface area contributed by atoms with Crippen molar-refractivity contribution in [3.05, 3.63) is 48.2 Å². The van der Waals surface area contributed by atoms with Gasteiger partial charge in [-0.15, -0.1) is 10.2 Å². The molecular weight excluding hydrogens is 350 g/mol. The highest BCUT2D eigenvalue weighted by Gasteiger charge is 2.30. The van der Waals surface area contributed by atoms with E-state index in [0.29, 0.717) is 42.1 Å². The van der Waals surface area contributed by atoms with E-state index < -0.39 is 0 Å². The summed E-state index contributed by atoms with van der Waals surface area (Å²) in [6, 6.07) is 8.90. The van der Waals surface area contributed by atoms with Gasteiger partial charge in [-0.05, 0) is 43.2 Å². The smallest absolute Gasteiger partial charge is 0.289 e. The predicted molar refractivity (Wildman–Crippen MR) is 92.4 cm³/mol. The molecule has 2 aliphatic heterocycles. The van der Waals surface area contributed by atoms with E-state index in [2.05, 4.69) is 10.2 Å². The number of ether oxygens (including phenoxy) is 2. The number of piperidine rings is 1. The lowest BCUT2D eigenvalue weighted by Gasteiger charge is -2.30. The van der Waals surface area contributed by atoms with Gasteiger partial charge in [0.05, 0.1) is 12.2 Å². The predicted octanol–water partition coefficient (Wildman–Crippen LogP) is 3.08. The zero-order valence-corrected chi connectivity index (χ0v) is 14.5. The van der Waals surface area contributed by atoms with Gasteiger partial charge in [-0.3, -0.25) is 4.79 Å². The number of nitrogens with zero attached hydrogens (tertiary/aromatic N) is 3. The fourth-order valence-electron chi connectivity index (χ4n) is 3.47. The second-order valence-electron chi connectivity index (χ2n) is 6.58. The van der Waals surface area contributed by atoms with Crippen molar-refractivity contribution in [3.63, 3.8) is 0 Å². The standard InChI is InChI=1S/C19H17N3O5/c23-19(15-4-2-8-24-15)22-7-1-3-13(10-22)18-21-20-17(27-18)12-5-6-14-16(9-12)26-11-25-14/h2,4-6,8-9,13H,1,3,7,10-11H2/t13-/m0/s1. The maximum Gasteiger partial charge on any atom is 0.289 e. The zero-order chi connectivity index (χ0) is 18.2. The first-order chi connectivity index (χ1) is 13.3. The van der Waals surface area contributed by atoms with Crippen LogP contribution in [-0.2, 0) is 0 Å². The number of amides is 1. The van der Waals surface area contributed by atoms with Gasteiger partial charge < -0.3 is 23.2 Å². The average molecular weight is 367 g/mol. The van der Waals surface area contributed by atoms with E-state index >= 15 is 0 Å². The molecule has 4 heterocycles. The third kappa shape index (κ3) is 2.92. The highest BCUT2D eigenvalue weighted by molar-refractivity contribution is 5.91. The van der Waals surface area contributed by atoms with Crippen LogP contribution in [-0.4, -0.2) is 40.9 Å². The lowest BCUT2D eigenvalue weighted by molar-refractivity contribution is 0.0666. The minimum Gasteiger partial charge on any atom is -0.459 e. The normalized spacial score (nSPS) is 18.7. The van der Waals surface area contributed by atoms with Crippen LogP contribution in [0.25, 0.3) is 11.5 Å². The van der Waals surface area contributed by atoms with Gasteiger partial charge in [-0.25, -0.2) is 0 Å². The Kier molecular flexibility index (Phi) is 3.81. The van der Waals surface area contributed by atoms with Crippen molar-refractivity contribution in [1.29, 1.82) is 0 Å². The summed E-state index contributed by atoms with van der Waals surface area (Å²) in [6.45, 7) is 1.44. The molecule has 0 bridgehead atoms. The van der Waals surface area contributed by atoms with E-state index in [9.17, 15) is 4.79 Å². The first-order valence-corrected chi connectivity index (χ1v) is 8.84. The summed E-state index contributed by atoms with van der Waals surface area (Å²) in [5, 5.41) is 8.39. The number of fused-ring (bicyclic) bond motifs is 1. The van der Waals surface area contributed by atoms with Crippen LogP contribution in [0.1, 0.15) is 35.2 Å². The Bertz CT molecular complexity index is 966. The highest BCUT2D eigenvalue weighted by atomic mass is 16.7. The third-order valence-electron chi connectivity index (χ3n) is 4.85. The number of likely N-dealkylation sites (tertiary alicyclic amines) is 1. The number of carbonyl (C=O) groups excluding carboxylic acids is 1. The number of carbonyl (C=O) groups is 1. The molecule has 1 saturated heterocycles. The molecule has 138 valence electrons. The molecule has 0 saturated carbocycles. The number of hydrogen-bond donors (Lipinski definition) is 0. The highest BCUT2D eigenvalue weighted by Crippen LogP contribution is 2.36. The maximum absolute atomic E-state index is 12.5. The monoisotopic (exact) mass is 367 g/mol. The minimum atomic E-state index is -0.111. The second-order valence-corrected chi connectivity index (χ2v) is 6.58. The molecule has 2 aliphatic rings. The summed E-state index contributed by atoms with van der Waals surface area (Å²) in [4.78, 5) is 14.3. The van der Waals surface area contributed by atoms with Gasteiger partial charge in [0.2, 0.25) is 18.6 Å². The van der Waals surface area contributed by atoms with Gasteiger partial charge in [-0.1, -0.05) is 0 Å². The molecule has 5 rings (SSSR count). The third-order valence-corrected chi connectivity index (χ3v) is 4.85. The van der Waals surface area contributed by atoms with Crippen LogP contribution in [0, 0.1) is 0 Å². The molecule has 0 aliphatic carbocycles. The first kappa shape index (κ1) is 15.9. The van der Waals surface area contributed by atoms with Gasteiger partial charge >= 0.3 is 0 Å². The van der Waals surface area contributed by atoms with Crippen LogP contribution >= 0.6 is 0 Å². The first-order valence-electron chi connectivity index (χ1n) is 8.84. The second kappa shape index (κ2) is 6.46. The Balaban J connectivity index is 1.34. The molecule has 1 aromatic carbocycles. The summed E-state index contributed by atoms with van der Waals surface area (Å²) >= 11 is 0. The molecule has 0 spiro atoms. The van der Waals surface area contributed by atoms with Crippen LogP contribution in [0.15, 0.2) is 45.4 Å². The summed E-state index contributed by atoms with van der Waals surface area (Å²) < 4.78 is 21.8. The molecular formula is C19H17N3O5. The fraction of sp³-hybridized carbons (Fsp3) is 0.316. The zero-order valence-electron chi connectivity index (χ0n) is 14.5. The topological polar surface area (TPSA) is 90.8 Å². The van der Waals surface area contributed by atoms with Crippen molar-refractivity contribution < 1.29 is 23.1 Å². The van der Waals surface area contributed by atoms with Gasteiger partial charge in [0.15, 0.2) is 17.3 Å². The molecule has 27 heavy (non-hydrogen) atoms. The van der Waals surface area contributed by atoms with E-state index in [1.54, 1.807) is 17.0 Å². The minimum absolute atomic E-state index is 0.00734. The lowest BCUT2D eigenvalue weighted by atomic mass is 9.98. The van der Waals surface area contributed by atoms with Gasteiger partial charge in [0, 0.05) is 18.7 Å². The molecule has 0 N–H and O–H groups in total. The van der Waals surface area contributed by atoms with Crippen molar-refractivity contribution in [2.45, 2.75) is 18.8 Å². The SMILES string of the molecule is O=C(c1ccco1)N1CCC[C@H](c2nnc(-c3ccc4c(c3)OCO4)o2)C1. The molecule has 1 atom stereocenters. The van der Waals surface area contributed by atoms with Crippen LogP contribution in [0.5, 0.6) is 11.5 Å². The Morgan fingerprint density at radius 1 is 1.15 bits per heavy atom. The van der Waals surface area contributed by atoms with Gasteiger partial charge in [0.25, 0.3) is 5.91 Å². The summed E-state index contributed by atoms with van der Waals surface area (Å²) in [6.07, 6.45) is 3.27.